The van der Waals surface area contributed by atoms with Gasteiger partial charge in [-0.2, -0.15) is 0 Å². The minimum absolute atomic E-state index is 0.0125. The molecule has 19 heavy (non-hydrogen) atoms. The Balaban J connectivity index is 4.79. The molecule has 0 aliphatic carbocycles. The molecule has 0 aliphatic rings. The second kappa shape index (κ2) is 8.89. The van der Waals surface area contributed by atoms with Gasteiger partial charge in [-0.05, 0) is 19.8 Å². The molecule has 0 saturated carbocycles. The van der Waals surface area contributed by atoms with Crippen molar-refractivity contribution < 1.29 is 17.9 Å². The van der Waals surface area contributed by atoms with E-state index in [1.165, 1.54) is 0 Å². The van der Waals surface area contributed by atoms with Crippen LogP contribution in [0.5, 0.6) is 0 Å². The molecule has 2 N–H and O–H groups in total. The molecule has 0 aliphatic heterocycles. The average Bonchev–Trinajstić information content (AvgIpc) is 2.25. The Morgan fingerprint density at radius 3 is 2.11 bits per heavy atom. The van der Waals surface area contributed by atoms with E-state index in [2.05, 4.69) is 0 Å². The largest absolute Gasteiger partial charge is 0.382 e. The van der Waals surface area contributed by atoms with Crippen molar-refractivity contribution in [3.8, 4) is 0 Å². The molecule has 0 aromatic rings. The molecule has 0 rings (SSSR count). The number of nitrogens with two attached hydrogens (primary N) is 1. The first-order valence-corrected chi connectivity index (χ1v) is 8.61. The second-order valence-electron chi connectivity index (χ2n) is 5.38. The van der Waals surface area contributed by atoms with Gasteiger partial charge in [-0.1, -0.05) is 26.7 Å². The van der Waals surface area contributed by atoms with E-state index in [4.69, 9.17) is 14.6 Å². The molecular weight excluding hydrogens is 266 g/mol. The Kier molecular flexibility index (Phi) is 8.81. The smallest absolute Gasteiger partial charge is 0.209 e. The van der Waals surface area contributed by atoms with Crippen molar-refractivity contribution in [2.75, 3.05) is 26.1 Å². The van der Waals surface area contributed by atoms with Crippen LogP contribution in [0.4, 0.5) is 0 Å². The molecule has 0 radical (unpaired) electrons. The Labute approximate surface area is 117 Å². The van der Waals surface area contributed by atoms with Crippen molar-refractivity contribution in [2.24, 2.45) is 10.6 Å². The lowest BCUT2D eigenvalue weighted by Crippen LogP contribution is -2.39. The van der Waals surface area contributed by atoms with Gasteiger partial charge in [0.05, 0.1) is 25.1 Å². The van der Waals surface area contributed by atoms with E-state index in [1.807, 2.05) is 20.8 Å². The Morgan fingerprint density at radius 1 is 1.21 bits per heavy atom. The number of primary sulfonamides is 1. The van der Waals surface area contributed by atoms with E-state index in [0.717, 1.165) is 25.7 Å². The molecule has 1 atom stereocenters. The highest BCUT2D eigenvalue weighted by Gasteiger charge is 2.33. The molecular formula is C13H29NO4S. The number of sulfonamides is 1. The lowest BCUT2D eigenvalue weighted by atomic mass is 9.82. The van der Waals surface area contributed by atoms with Gasteiger partial charge in [0.25, 0.3) is 0 Å². The highest BCUT2D eigenvalue weighted by atomic mass is 32.2. The lowest BCUT2D eigenvalue weighted by molar-refractivity contribution is -0.0333. The predicted octanol–water partition coefficient (Wildman–Crippen LogP) is 1.91. The first-order valence-electron chi connectivity index (χ1n) is 6.89. The van der Waals surface area contributed by atoms with Gasteiger partial charge in [0.2, 0.25) is 10.0 Å². The molecule has 116 valence electrons. The van der Waals surface area contributed by atoms with E-state index < -0.39 is 10.0 Å². The maximum Gasteiger partial charge on any atom is 0.209 e. The normalized spacial score (nSPS) is 14.6. The van der Waals surface area contributed by atoms with Crippen LogP contribution in [0.1, 0.15) is 46.5 Å². The summed E-state index contributed by atoms with van der Waals surface area (Å²) >= 11 is 0. The molecule has 0 saturated heterocycles. The van der Waals surface area contributed by atoms with Crippen molar-refractivity contribution in [1.29, 1.82) is 0 Å². The van der Waals surface area contributed by atoms with Gasteiger partial charge < -0.3 is 9.47 Å². The van der Waals surface area contributed by atoms with Crippen LogP contribution >= 0.6 is 0 Å². The predicted molar refractivity (Wildman–Crippen MR) is 77.5 cm³/mol. The van der Waals surface area contributed by atoms with Crippen LogP contribution < -0.4 is 5.14 Å². The Hall–Kier alpha value is -0.170. The zero-order valence-corrected chi connectivity index (χ0v) is 13.5. The maximum atomic E-state index is 11.5. The van der Waals surface area contributed by atoms with E-state index in [0.29, 0.717) is 13.2 Å². The minimum atomic E-state index is -3.50. The standard InChI is InChI=1S/C13H29NO4S/c1-5-7-13(8-6-2,11-19(14,15)16)10-18-12(3)9-17-4/h12H,5-11H2,1-4H3,(H2,14,15,16). The number of hydrogen-bond donors (Lipinski definition) is 1. The van der Waals surface area contributed by atoms with Crippen molar-refractivity contribution in [2.45, 2.75) is 52.6 Å². The molecule has 0 bridgehead atoms. The monoisotopic (exact) mass is 295 g/mol. The van der Waals surface area contributed by atoms with E-state index in [1.54, 1.807) is 7.11 Å². The maximum absolute atomic E-state index is 11.5. The van der Waals surface area contributed by atoms with Crippen LogP contribution in [0.3, 0.4) is 0 Å². The van der Waals surface area contributed by atoms with E-state index in [9.17, 15) is 8.42 Å². The van der Waals surface area contributed by atoms with E-state index >= 15 is 0 Å². The number of methoxy groups -OCH3 is 1. The van der Waals surface area contributed by atoms with Crippen molar-refractivity contribution in [3.05, 3.63) is 0 Å². The number of ether oxygens (including phenoxy) is 2. The Bertz CT molecular complexity index is 324. The van der Waals surface area contributed by atoms with Crippen LogP contribution in [-0.4, -0.2) is 40.6 Å². The summed E-state index contributed by atoms with van der Waals surface area (Å²) in [5.41, 5.74) is -0.376. The third kappa shape index (κ3) is 8.57. The lowest BCUT2D eigenvalue weighted by Gasteiger charge is -2.33. The summed E-state index contributed by atoms with van der Waals surface area (Å²) in [6.07, 6.45) is 3.39. The molecule has 0 aromatic carbocycles. The first-order chi connectivity index (χ1) is 8.78. The minimum Gasteiger partial charge on any atom is -0.382 e. The van der Waals surface area contributed by atoms with Crippen molar-refractivity contribution in [1.82, 2.24) is 0 Å². The van der Waals surface area contributed by atoms with Gasteiger partial charge in [0, 0.05) is 12.5 Å². The highest BCUT2D eigenvalue weighted by molar-refractivity contribution is 7.89. The summed E-state index contributed by atoms with van der Waals surface area (Å²) in [7, 11) is -1.88. The fourth-order valence-corrected chi connectivity index (χ4v) is 3.77. The van der Waals surface area contributed by atoms with Gasteiger partial charge in [0.1, 0.15) is 0 Å². The number of rotatable bonds is 11. The molecule has 0 amide bonds. The van der Waals surface area contributed by atoms with E-state index in [-0.39, 0.29) is 17.3 Å². The number of hydrogen-bond acceptors (Lipinski definition) is 4. The van der Waals surface area contributed by atoms with Crippen molar-refractivity contribution in [3.63, 3.8) is 0 Å². The second-order valence-corrected chi connectivity index (χ2v) is 7.00. The van der Waals surface area contributed by atoms with Crippen LogP contribution in [0, 0.1) is 5.41 Å². The van der Waals surface area contributed by atoms with Gasteiger partial charge in [0.15, 0.2) is 0 Å². The molecule has 5 nitrogen and oxygen atoms in total. The van der Waals surface area contributed by atoms with Crippen LogP contribution in [0.25, 0.3) is 0 Å². The fraction of sp³-hybridized carbons (Fsp3) is 1.00. The van der Waals surface area contributed by atoms with Gasteiger partial charge in [-0.3, -0.25) is 0 Å². The summed E-state index contributed by atoms with van der Waals surface area (Å²) in [5.74, 6) is -0.0125. The molecule has 0 spiro atoms. The summed E-state index contributed by atoms with van der Waals surface area (Å²) in [5, 5.41) is 5.24. The van der Waals surface area contributed by atoms with Gasteiger partial charge in [-0.25, -0.2) is 13.6 Å². The quantitative estimate of drug-likeness (QED) is 0.631. The van der Waals surface area contributed by atoms with Gasteiger partial charge >= 0.3 is 0 Å². The molecule has 0 aromatic heterocycles. The molecule has 0 heterocycles. The third-order valence-electron chi connectivity index (χ3n) is 3.14. The molecule has 1 unspecified atom stereocenters. The first kappa shape index (κ1) is 18.8. The Morgan fingerprint density at radius 2 is 1.74 bits per heavy atom. The molecule has 6 heteroatoms. The fourth-order valence-electron chi connectivity index (χ4n) is 2.54. The third-order valence-corrected chi connectivity index (χ3v) is 4.16. The van der Waals surface area contributed by atoms with Crippen LogP contribution in [0.15, 0.2) is 0 Å². The highest BCUT2D eigenvalue weighted by Crippen LogP contribution is 2.32. The van der Waals surface area contributed by atoms with Crippen molar-refractivity contribution >= 4 is 10.0 Å². The summed E-state index contributed by atoms with van der Waals surface area (Å²) < 4.78 is 33.7. The average molecular weight is 295 g/mol. The SMILES string of the molecule is CCCC(CCC)(COC(C)COC)CS(N)(=O)=O. The summed E-state index contributed by atoms with van der Waals surface area (Å²) in [4.78, 5) is 0. The summed E-state index contributed by atoms with van der Waals surface area (Å²) in [6.45, 7) is 6.93. The summed E-state index contributed by atoms with van der Waals surface area (Å²) in [6, 6.07) is 0. The van der Waals surface area contributed by atoms with Crippen LogP contribution in [-0.2, 0) is 19.5 Å². The topological polar surface area (TPSA) is 78.6 Å². The molecule has 0 fully saturated rings. The zero-order chi connectivity index (χ0) is 14.9. The van der Waals surface area contributed by atoms with Gasteiger partial charge in [-0.15, -0.1) is 0 Å². The van der Waals surface area contributed by atoms with Crippen LogP contribution in [0.2, 0.25) is 0 Å². The zero-order valence-electron chi connectivity index (χ0n) is 12.6.